The molecule has 2 atom stereocenters. The van der Waals surface area contributed by atoms with Crippen LogP contribution in [-0.2, 0) is 11.2 Å². The highest BCUT2D eigenvalue weighted by Crippen LogP contribution is 2.39. The minimum Gasteiger partial charge on any atom is -0.756 e. The molecule has 0 saturated carbocycles. The minimum absolute atomic E-state index is 0.412. The van der Waals surface area contributed by atoms with E-state index in [1.807, 2.05) is 24.3 Å². The second-order valence-electron chi connectivity index (χ2n) is 8.79. The van der Waals surface area contributed by atoms with Gasteiger partial charge in [-0.2, -0.15) is 0 Å². The van der Waals surface area contributed by atoms with Crippen LogP contribution in [0, 0.1) is 5.21 Å². The Morgan fingerprint density at radius 2 is 1.74 bits per heavy atom. The Hall–Kier alpha value is -1.68. The summed E-state index contributed by atoms with van der Waals surface area (Å²) in [6.07, 6.45) is 8.38. The number of likely N-dealkylation sites (N-methyl/N-ethyl adjacent to an activating group) is 1. The number of ether oxygens (including phenoxy) is 2. The van der Waals surface area contributed by atoms with Gasteiger partial charge in [-0.15, -0.1) is 0 Å². The van der Waals surface area contributed by atoms with Crippen LogP contribution >= 0.6 is 11.8 Å². The monoisotopic (exact) mass is 513 g/mol. The van der Waals surface area contributed by atoms with Crippen molar-refractivity contribution < 1.29 is 13.7 Å². The normalized spacial score (nSPS) is 20.8. The van der Waals surface area contributed by atoms with Crippen LogP contribution < -0.4 is 9.47 Å². The fourth-order valence-electron chi connectivity index (χ4n) is 4.28. The topological polar surface area (TPSA) is 71.5 Å². The van der Waals surface area contributed by atoms with Gasteiger partial charge in [-0.1, -0.05) is 39.0 Å². The van der Waals surface area contributed by atoms with Gasteiger partial charge in [-0.3, -0.25) is 8.72 Å². The molecule has 2 unspecified atom stereocenters. The molecule has 2 aliphatic heterocycles. The summed E-state index contributed by atoms with van der Waals surface area (Å²) in [5, 5.41) is 14.1. The van der Waals surface area contributed by atoms with Crippen molar-refractivity contribution in [2.24, 2.45) is 0 Å². The highest BCUT2D eigenvalue weighted by Gasteiger charge is 2.41. The highest BCUT2D eigenvalue weighted by molar-refractivity contribution is 7.80. The molecular formula is C24H38ClN4O4S-. The summed E-state index contributed by atoms with van der Waals surface area (Å²) >= 11 is 5.20. The average Bonchev–Trinajstić information content (AvgIpc) is 3.07. The fourth-order valence-corrected chi connectivity index (χ4v) is 5.77. The summed E-state index contributed by atoms with van der Waals surface area (Å²) in [7, 11) is 3.45. The quantitative estimate of drug-likeness (QED) is 0.251. The van der Waals surface area contributed by atoms with Crippen molar-refractivity contribution in [3.63, 3.8) is 0 Å². The molecule has 3 rings (SSSR count). The molecule has 10 heteroatoms. The number of methoxy groups -OCH3 is 1. The van der Waals surface area contributed by atoms with E-state index in [0.717, 1.165) is 73.6 Å². The van der Waals surface area contributed by atoms with Crippen LogP contribution in [0.3, 0.4) is 0 Å². The van der Waals surface area contributed by atoms with E-state index in [4.69, 9.17) is 21.3 Å². The van der Waals surface area contributed by atoms with Crippen molar-refractivity contribution in [1.82, 2.24) is 18.1 Å². The summed E-state index contributed by atoms with van der Waals surface area (Å²) in [6.45, 7) is 3.78. The number of rotatable bonds is 14. The van der Waals surface area contributed by atoms with E-state index < -0.39 is 17.3 Å². The lowest BCUT2D eigenvalue weighted by atomic mass is 10.1. The van der Waals surface area contributed by atoms with Crippen LogP contribution in [0.5, 0.6) is 11.5 Å². The Balaban J connectivity index is 1.44. The lowest BCUT2D eigenvalue weighted by Crippen LogP contribution is -2.45. The third-order valence-corrected chi connectivity index (χ3v) is 8.04. The number of hydroxylamine groups is 2. The van der Waals surface area contributed by atoms with Crippen LogP contribution in [0.4, 0.5) is 0 Å². The third-order valence-electron chi connectivity index (χ3n) is 6.22. The summed E-state index contributed by atoms with van der Waals surface area (Å²) < 4.78 is 28.9. The van der Waals surface area contributed by atoms with E-state index in [-0.39, 0.29) is 0 Å². The molecule has 0 amide bonds. The molecular weight excluding hydrogens is 476 g/mol. The number of hydrogen-bond donors (Lipinski definition) is 0. The smallest absolute Gasteiger partial charge is 0.200 e. The molecule has 1 aromatic rings. The first-order chi connectivity index (χ1) is 16.5. The zero-order chi connectivity index (χ0) is 24.5. The summed E-state index contributed by atoms with van der Waals surface area (Å²) in [4.78, 5) is 0. The second-order valence-corrected chi connectivity index (χ2v) is 10.7. The average molecular weight is 514 g/mol. The molecule has 8 nitrogen and oxygen atoms in total. The Bertz CT molecular complexity index is 826. The molecule has 0 fully saturated rings. The van der Waals surface area contributed by atoms with Gasteiger partial charge in [0, 0.05) is 25.4 Å². The third kappa shape index (κ3) is 6.71. The summed E-state index contributed by atoms with van der Waals surface area (Å²) in [6, 6.07) is 7.57. The second kappa shape index (κ2) is 13.4. The van der Waals surface area contributed by atoms with Crippen molar-refractivity contribution >= 4 is 22.9 Å². The molecule has 0 spiro atoms. The zero-order valence-corrected chi connectivity index (χ0v) is 22.2. The van der Waals surface area contributed by atoms with Gasteiger partial charge in [0.25, 0.3) is 0 Å². The fraction of sp³-hybridized carbons (Fsp3) is 0.667. The van der Waals surface area contributed by atoms with Crippen LogP contribution in [-0.4, -0.2) is 62.3 Å². The van der Waals surface area contributed by atoms with Crippen molar-refractivity contribution in [2.75, 3.05) is 33.9 Å². The standard InChI is InChI=1S/C24H38ClN4O4S/c1-4-5-6-9-12-23-28(25)22-19-26(2)34(31)27(24(22)29(23)30)17-10-7-8-11-18-33-21-15-13-20(32-3)14-16-21/h13-16,23H,4-12,17-19H2,1-3H3/q-1. The van der Waals surface area contributed by atoms with Gasteiger partial charge in [0.1, 0.15) is 23.5 Å². The molecule has 0 bridgehead atoms. The van der Waals surface area contributed by atoms with Crippen LogP contribution in [0.15, 0.2) is 35.8 Å². The number of nitrogens with zero attached hydrogens (tertiary/aromatic N) is 4. The van der Waals surface area contributed by atoms with Gasteiger partial charge < -0.3 is 19.7 Å². The van der Waals surface area contributed by atoms with Crippen molar-refractivity contribution in [3.05, 3.63) is 41.0 Å². The van der Waals surface area contributed by atoms with Crippen molar-refractivity contribution in [2.45, 2.75) is 70.9 Å². The molecule has 0 radical (unpaired) electrons. The van der Waals surface area contributed by atoms with E-state index in [0.29, 0.717) is 31.9 Å². The lowest BCUT2D eigenvalue weighted by Gasteiger charge is -2.41. The predicted octanol–water partition coefficient (Wildman–Crippen LogP) is 5.20. The molecule has 192 valence electrons. The van der Waals surface area contributed by atoms with E-state index in [1.54, 1.807) is 27.2 Å². The Labute approximate surface area is 211 Å². The predicted molar refractivity (Wildman–Crippen MR) is 137 cm³/mol. The summed E-state index contributed by atoms with van der Waals surface area (Å²) in [5.41, 5.74) is 0.757. The van der Waals surface area contributed by atoms with Gasteiger partial charge in [-0.25, -0.2) is 8.51 Å². The van der Waals surface area contributed by atoms with Crippen LogP contribution in [0.25, 0.3) is 0 Å². The van der Waals surface area contributed by atoms with Gasteiger partial charge in [0.15, 0.2) is 11.2 Å². The van der Waals surface area contributed by atoms with Crippen LogP contribution in [0.2, 0.25) is 0 Å². The van der Waals surface area contributed by atoms with Gasteiger partial charge in [0.2, 0.25) is 0 Å². The Morgan fingerprint density at radius 3 is 2.44 bits per heavy atom. The first kappa shape index (κ1) is 26.9. The number of halogens is 1. The molecule has 0 aliphatic carbocycles. The Morgan fingerprint density at radius 1 is 1.06 bits per heavy atom. The molecule has 0 N–H and O–H groups in total. The van der Waals surface area contributed by atoms with Crippen molar-refractivity contribution in [3.8, 4) is 11.5 Å². The van der Waals surface area contributed by atoms with Crippen molar-refractivity contribution in [1.29, 1.82) is 0 Å². The molecule has 2 heterocycles. The van der Waals surface area contributed by atoms with Gasteiger partial charge >= 0.3 is 0 Å². The number of hydrogen-bond acceptors (Lipinski definition) is 6. The van der Waals surface area contributed by atoms with Gasteiger partial charge in [0.05, 0.1) is 26.0 Å². The number of benzene rings is 1. The Kier molecular flexibility index (Phi) is 10.6. The molecule has 1 aromatic carbocycles. The first-order valence-corrected chi connectivity index (χ1v) is 13.7. The first-order valence-electron chi connectivity index (χ1n) is 12.3. The van der Waals surface area contributed by atoms with E-state index in [9.17, 15) is 9.42 Å². The zero-order valence-electron chi connectivity index (χ0n) is 20.6. The van der Waals surface area contributed by atoms with E-state index in [2.05, 4.69) is 6.92 Å². The summed E-state index contributed by atoms with van der Waals surface area (Å²) in [5.74, 6) is 2.12. The molecule has 34 heavy (non-hydrogen) atoms. The van der Waals surface area contributed by atoms with Gasteiger partial charge in [-0.05, 0) is 49.9 Å². The maximum absolute atomic E-state index is 13.1. The maximum Gasteiger partial charge on any atom is 0.200 e. The molecule has 0 saturated heterocycles. The van der Waals surface area contributed by atoms with E-state index in [1.165, 1.54) is 0 Å². The SMILES string of the molecule is CCCCCCC1N([O-])C2=C(CN(C)S(=O)N2CCCCCCOc2ccc(OC)cc2)N1Cl. The maximum atomic E-state index is 13.1. The molecule has 0 aromatic heterocycles. The van der Waals surface area contributed by atoms with E-state index >= 15 is 0 Å². The minimum atomic E-state index is -1.38. The number of unbranched alkanes of at least 4 members (excludes halogenated alkanes) is 6. The highest BCUT2D eigenvalue weighted by atomic mass is 35.5. The lowest BCUT2D eigenvalue weighted by molar-refractivity contribution is 0.221. The van der Waals surface area contributed by atoms with Crippen LogP contribution in [0.1, 0.15) is 64.7 Å². The molecule has 2 aliphatic rings. The largest absolute Gasteiger partial charge is 0.756 e.